The van der Waals surface area contributed by atoms with Crippen molar-refractivity contribution in [3.63, 3.8) is 0 Å². The van der Waals surface area contributed by atoms with Gasteiger partial charge in [-0.25, -0.2) is 4.79 Å². The van der Waals surface area contributed by atoms with Crippen molar-refractivity contribution in [1.29, 1.82) is 0 Å². The molecule has 1 aliphatic carbocycles. The number of halogens is 4. The molecule has 5 nitrogen and oxygen atoms in total. The molecule has 0 heterocycles. The van der Waals surface area contributed by atoms with Crippen molar-refractivity contribution in [2.24, 2.45) is 0 Å². The molecule has 134 valence electrons. The van der Waals surface area contributed by atoms with Crippen molar-refractivity contribution in [3.8, 4) is 0 Å². The summed E-state index contributed by atoms with van der Waals surface area (Å²) in [5.74, 6) is -2.76. The summed E-state index contributed by atoms with van der Waals surface area (Å²) in [6.45, 7) is 0.382. The molecular weight excluding hydrogens is 349 g/mol. The lowest BCUT2D eigenvalue weighted by Crippen LogP contribution is -2.34. The van der Waals surface area contributed by atoms with Gasteiger partial charge in [-0.1, -0.05) is 24.4 Å². The Morgan fingerprint density at radius 2 is 1.67 bits per heavy atom. The van der Waals surface area contributed by atoms with E-state index in [0.29, 0.717) is 17.6 Å². The first-order chi connectivity index (χ1) is 11.2. The van der Waals surface area contributed by atoms with Crippen molar-refractivity contribution in [2.75, 3.05) is 11.9 Å². The van der Waals surface area contributed by atoms with E-state index < -0.39 is 12.1 Å². The second kappa shape index (κ2) is 9.48. The molecule has 0 bridgehead atoms. The molecule has 1 saturated carbocycles. The summed E-state index contributed by atoms with van der Waals surface area (Å²) in [5, 5.41) is 13.9. The van der Waals surface area contributed by atoms with E-state index in [2.05, 4.69) is 10.6 Å². The molecular formula is C15H18ClF3N2O3. The van der Waals surface area contributed by atoms with Gasteiger partial charge in [-0.05, 0) is 37.1 Å². The summed E-state index contributed by atoms with van der Waals surface area (Å²) < 4.78 is 31.7. The number of benzene rings is 1. The molecule has 3 N–H and O–H groups in total. The van der Waals surface area contributed by atoms with Gasteiger partial charge in [0, 0.05) is 16.8 Å². The van der Waals surface area contributed by atoms with Crippen LogP contribution in [0.25, 0.3) is 0 Å². The molecule has 0 spiro atoms. The normalized spacial score (nSPS) is 14.7. The number of hydrogen-bond acceptors (Lipinski definition) is 3. The molecule has 2 rings (SSSR count). The number of carboxylic acids is 1. The van der Waals surface area contributed by atoms with E-state index >= 15 is 0 Å². The van der Waals surface area contributed by atoms with Crippen molar-refractivity contribution < 1.29 is 27.9 Å². The number of carbonyl (C=O) groups excluding carboxylic acids is 1. The number of amides is 1. The Morgan fingerprint density at radius 1 is 1.17 bits per heavy atom. The molecule has 0 aliphatic heterocycles. The van der Waals surface area contributed by atoms with Gasteiger partial charge in [0.15, 0.2) is 0 Å². The molecule has 1 aliphatic rings. The van der Waals surface area contributed by atoms with Gasteiger partial charge in [-0.15, -0.1) is 0 Å². The third-order valence-corrected chi connectivity index (χ3v) is 3.53. The number of carboxylic acid groups (broad SMARTS) is 1. The predicted octanol–water partition coefficient (Wildman–Crippen LogP) is 3.44. The topological polar surface area (TPSA) is 78.4 Å². The van der Waals surface area contributed by atoms with E-state index in [1.165, 1.54) is 25.7 Å². The lowest BCUT2D eigenvalue weighted by Gasteiger charge is -2.11. The van der Waals surface area contributed by atoms with Crippen molar-refractivity contribution >= 4 is 29.2 Å². The fraction of sp³-hybridized carbons (Fsp3) is 0.467. The van der Waals surface area contributed by atoms with Crippen LogP contribution in [0.3, 0.4) is 0 Å². The molecule has 0 unspecified atom stereocenters. The molecule has 1 amide bonds. The summed E-state index contributed by atoms with van der Waals surface area (Å²) >= 11 is 5.77. The van der Waals surface area contributed by atoms with Gasteiger partial charge in [0.25, 0.3) is 0 Å². The molecule has 0 aromatic heterocycles. The summed E-state index contributed by atoms with van der Waals surface area (Å²) in [4.78, 5) is 20.5. The zero-order chi connectivity index (χ0) is 18.2. The molecule has 0 saturated heterocycles. The lowest BCUT2D eigenvalue weighted by atomic mass is 10.2. The van der Waals surface area contributed by atoms with Crippen LogP contribution in [-0.4, -0.2) is 35.7 Å². The number of alkyl halides is 3. The molecule has 1 aromatic rings. The van der Waals surface area contributed by atoms with Gasteiger partial charge in [-0.2, -0.15) is 13.2 Å². The first-order valence-corrected chi connectivity index (χ1v) is 7.65. The van der Waals surface area contributed by atoms with Crippen molar-refractivity contribution in [3.05, 3.63) is 29.3 Å². The van der Waals surface area contributed by atoms with Crippen molar-refractivity contribution in [2.45, 2.75) is 37.9 Å². The Balaban J connectivity index is 0.000000351. The standard InChI is InChI=1S/C13H17ClN2O.C2HF3O2/c14-10-5-7-12(8-6-10)16-13(17)9-15-11-3-1-2-4-11;3-2(4,5)1(6)7/h5-8,11,15H,1-4,9H2,(H,16,17);(H,6,7). The maximum atomic E-state index is 11.6. The third kappa shape index (κ3) is 8.16. The first-order valence-electron chi connectivity index (χ1n) is 7.27. The van der Waals surface area contributed by atoms with Crippen LogP contribution in [0, 0.1) is 0 Å². The van der Waals surface area contributed by atoms with Crippen molar-refractivity contribution in [1.82, 2.24) is 5.32 Å². The van der Waals surface area contributed by atoms with E-state index in [0.717, 1.165) is 5.69 Å². The van der Waals surface area contributed by atoms with Crippen LogP contribution in [0.5, 0.6) is 0 Å². The van der Waals surface area contributed by atoms with E-state index in [9.17, 15) is 18.0 Å². The maximum absolute atomic E-state index is 11.6. The highest BCUT2D eigenvalue weighted by atomic mass is 35.5. The van der Waals surface area contributed by atoms with Gasteiger partial charge in [0.2, 0.25) is 5.91 Å². The molecule has 0 atom stereocenters. The highest BCUT2D eigenvalue weighted by Crippen LogP contribution is 2.17. The Kier molecular flexibility index (Phi) is 8.00. The smallest absolute Gasteiger partial charge is 0.475 e. The Hall–Kier alpha value is -1.80. The molecule has 1 fully saturated rings. The minimum Gasteiger partial charge on any atom is -0.475 e. The maximum Gasteiger partial charge on any atom is 0.490 e. The van der Waals surface area contributed by atoms with Gasteiger partial charge in [-0.3, -0.25) is 4.79 Å². The first kappa shape index (κ1) is 20.2. The van der Waals surface area contributed by atoms with E-state index in [1.807, 2.05) is 0 Å². The van der Waals surface area contributed by atoms with Crippen LogP contribution < -0.4 is 10.6 Å². The number of nitrogens with one attached hydrogen (secondary N) is 2. The molecule has 0 radical (unpaired) electrons. The summed E-state index contributed by atoms with van der Waals surface area (Å²) in [7, 11) is 0. The van der Waals surface area contributed by atoms with Crippen LogP contribution >= 0.6 is 11.6 Å². The van der Waals surface area contributed by atoms with Crippen LogP contribution in [-0.2, 0) is 9.59 Å². The fourth-order valence-corrected chi connectivity index (χ4v) is 2.23. The average molecular weight is 367 g/mol. The Bertz CT molecular complexity index is 544. The number of carbonyl (C=O) groups is 2. The molecule has 24 heavy (non-hydrogen) atoms. The summed E-state index contributed by atoms with van der Waals surface area (Å²) in [6, 6.07) is 7.65. The Labute approximate surface area is 142 Å². The second-order valence-corrected chi connectivity index (χ2v) is 5.66. The van der Waals surface area contributed by atoms with Crippen LogP contribution in [0.1, 0.15) is 25.7 Å². The minimum atomic E-state index is -5.08. The summed E-state index contributed by atoms with van der Waals surface area (Å²) in [5.41, 5.74) is 0.785. The largest absolute Gasteiger partial charge is 0.490 e. The highest BCUT2D eigenvalue weighted by molar-refractivity contribution is 6.30. The number of anilines is 1. The number of hydrogen-bond donors (Lipinski definition) is 3. The van der Waals surface area contributed by atoms with E-state index in [-0.39, 0.29) is 5.91 Å². The van der Waals surface area contributed by atoms with Gasteiger partial charge < -0.3 is 15.7 Å². The lowest BCUT2D eigenvalue weighted by molar-refractivity contribution is -0.192. The zero-order valence-electron chi connectivity index (χ0n) is 12.7. The third-order valence-electron chi connectivity index (χ3n) is 3.28. The SMILES string of the molecule is O=C(CNC1CCCC1)Nc1ccc(Cl)cc1.O=C(O)C(F)(F)F. The zero-order valence-corrected chi connectivity index (χ0v) is 13.5. The summed E-state index contributed by atoms with van der Waals surface area (Å²) in [6.07, 6.45) is -0.157. The van der Waals surface area contributed by atoms with Crippen LogP contribution in [0.15, 0.2) is 24.3 Å². The minimum absolute atomic E-state index is 0.000720. The Morgan fingerprint density at radius 3 is 2.12 bits per heavy atom. The van der Waals surface area contributed by atoms with Crippen LogP contribution in [0.4, 0.5) is 18.9 Å². The van der Waals surface area contributed by atoms with E-state index in [1.54, 1.807) is 24.3 Å². The molecule has 1 aromatic carbocycles. The monoisotopic (exact) mass is 366 g/mol. The van der Waals surface area contributed by atoms with Crippen LogP contribution in [0.2, 0.25) is 5.02 Å². The van der Waals surface area contributed by atoms with Gasteiger partial charge in [0.05, 0.1) is 6.54 Å². The highest BCUT2D eigenvalue weighted by Gasteiger charge is 2.38. The van der Waals surface area contributed by atoms with E-state index in [4.69, 9.17) is 21.5 Å². The fourth-order valence-electron chi connectivity index (χ4n) is 2.11. The van der Waals surface area contributed by atoms with Gasteiger partial charge in [0.1, 0.15) is 0 Å². The second-order valence-electron chi connectivity index (χ2n) is 5.22. The quantitative estimate of drug-likeness (QED) is 0.762. The van der Waals surface area contributed by atoms with Gasteiger partial charge >= 0.3 is 12.1 Å². The number of aliphatic carboxylic acids is 1. The molecule has 9 heteroatoms. The number of rotatable bonds is 4. The predicted molar refractivity (Wildman–Crippen MR) is 84.0 cm³/mol. The average Bonchev–Trinajstić information content (AvgIpc) is 3.01.